The molecule has 1 heterocycles. The van der Waals surface area contributed by atoms with Gasteiger partial charge in [0.1, 0.15) is 5.82 Å². The van der Waals surface area contributed by atoms with Crippen molar-refractivity contribution in [3.8, 4) is 0 Å². The standard InChI is InChI=1S/C13H17N5O/c1-9-3-4-10(11(7-9)17-14)13(19)16-8-12-15-5-6-18(12)2/h3-7,17H,8,14H2,1-2H3,(H,16,19). The highest BCUT2D eigenvalue weighted by molar-refractivity contribution is 5.99. The van der Waals surface area contributed by atoms with Crippen molar-refractivity contribution in [2.75, 3.05) is 5.43 Å². The van der Waals surface area contributed by atoms with Crippen LogP contribution in [0.1, 0.15) is 21.7 Å². The van der Waals surface area contributed by atoms with Crippen molar-refractivity contribution >= 4 is 11.6 Å². The van der Waals surface area contributed by atoms with Crippen LogP contribution in [0, 0.1) is 6.92 Å². The Bertz CT molecular complexity index is 590. The van der Waals surface area contributed by atoms with Crippen molar-refractivity contribution in [1.82, 2.24) is 14.9 Å². The lowest BCUT2D eigenvalue weighted by atomic mass is 10.1. The summed E-state index contributed by atoms with van der Waals surface area (Å²) in [7, 11) is 1.88. The lowest BCUT2D eigenvalue weighted by Crippen LogP contribution is -2.26. The summed E-state index contributed by atoms with van der Waals surface area (Å²) >= 11 is 0. The fourth-order valence-electron chi connectivity index (χ4n) is 1.80. The Balaban J connectivity index is 2.10. The first kappa shape index (κ1) is 13.1. The predicted molar refractivity (Wildman–Crippen MR) is 73.4 cm³/mol. The summed E-state index contributed by atoms with van der Waals surface area (Å²) in [5, 5.41) is 2.82. The molecule has 0 aliphatic heterocycles. The summed E-state index contributed by atoms with van der Waals surface area (Å²) in [5.41, 5.74) is 4.70. The number of anilines is 1. The Hall–Kier alpha value is -2.34. The van der Waals surface area contributed by atoms with Gasteiger partial charge < -0.3 is 15.3 Å². The zero-order valence-electron chi connectivity index (χ0n) is 11.0. The lowest BCUT2D eigenvalue weighted by Gasteiger charge is -2.10. The van der Waals surface area contributed by atoms with Crippen LogP contribution in [0.25, 0.3) is 0 Å². The maximum atomic E-state index is 12.1. The van der Waals surface area contributed by atoms with Crippen LogP contribution in [0.3, 0.4) is 0 Å². The smallest absolute Gasteiger partial charge is 0.253 e. The molecule has 2 aromatic rings. The number of carbonyl (C=O) groups is 1. The Labute approximate surface area is 111 Å². The van der Waals surface area contributed by atoms with E-state index >= 15 is 0 Å². The maximum Gasteiger partial charge on any atom is 0.253 e. The number of nitrogens with one attached hydrogen (secondary N) is 2. The van der Waals surface area contributed by atoms with Crippen molar-refractivity contribution in [2.24, 2.45) is 12.9 Å². The van der Waals surface area contributed by atoms with Crippen LogP contribution in [0.2, 0.25) is 0 Å². The molecular weight excluding hydrogens is 242 g/mol. The Morgan fingerprint density at radius 1 is 1.47 bits per heavy atom. The first-order valence-electron chi connectivity index (χ1n) is 5.93. The van der Waals surface area contributed by atoms with Gasteiger partial charge in [-0.05, 0) is 24.6 Å². The van der Waals surface area contributed by atoms with Crippen LogP contribution < -0.4 is 16.6 Å². The minimum Gasteiger partial charge on any atom is -0.345 e. The molecule has 0 saturated heterocycles. The van der Waals surface area contributed by atoms with E-state index in [1.807, 2.05) is 36.9 Å². The predicted octanol–water partition coefficient (Wildman–Crippen LogP) is 0.944. The summed E-state index contributed by atoms with van der Waals surface area (Å²) in [6.07, 6.45) is 3.53. The summed E-state index contributed by atoms with van der Waals surface area (Å²) < 4.78 is 1.86. The highest BCUT2D eigenvalue weighted by Crippen LogP contribution is 2.16. The topological polar surface area (TPSA) is 85.0 Å². The van der Waals surface area contributed by atoms with E-state index < -0.39 is 0 Å². The van der Waals surface area contributed by atoms with E-state index in [9.17, 15) is 4.79 Å². The van der Waals surface area contributed by atoms with Gasteiger partial charge in [0.15, 0.2) is 0 Å². The molecule has 0 radical (unpaired) electrons. The van der Waals surface area contributed by atoms with Crippen molar-refractivity contribution in [1.29, 1.82) is 0 Å². The number of nitrogen functional groups attached to an aromatic ring is 1. The number of rotatable bonds is 4. The minimum atomic E-state index is -0.184. The molecule has 0 bridgehead atoms. The Kier molecular flexibility index (Phi) is 3.82. The minimum absolute atomic E-state index is 0.184. The molecule has 0 atom stereocenters. The second-order valence-electron chi connectivity index (χ2n) is 4.33. The van der Waals surface area contributed by atoms with Crippen LogP contribution in [0.5, 0.6) is 0 Å². The van der Waals surface area contributed by atoms with Gasteiger partial charge >= 0.3 is 0 Å². The quantitative estimate of drug-likeness (QED) is 0.563. The number of amides is 1. The van der Waals surface area contributed by atoms with E-state index in [2.05, 4.69) is 15.7 Å². The molecule has 100 valence electrons. The summed E-state index contributed by atoms with van der Waals surface area (Å²) in [6.45, 7) is 2.32. The van der Waals surface area contributed by atoms with E-state index in [0.29, 0.717) is 17.8 Å². The maximum absolute atomic E-state index is 12.1. The zero-order chi connectivity index (χ0) is 13.8. The number of aryl methyl sites for hydroxylation is 2. The second-order valence-corrected chi connectivity index (χ2v) is 4.33. The van der Waals surface area contributed by atoms with E-state index in [1.54, 1.807) is 12.3 Å². The van der Waals surface area contributed by atoms with E-state index in [1.165, 1.54) is 0 Å². The monoisotopic (exact) mass is 259 g/mol. The number of nitrogens with two attached hydrogens (primary N) is 1. The van der Waals surface area contributed by atoms with Crippen molar-refractivity contribution in [3.05, 3.63) is 47.5 Å². The molecule has 6 nitrogen and oxygen atoms in total. The van der Waals surface area contributed by atoms with Crippen molar-refractivity contribution < 1.29 is 4.79 Å². The number of imidazole rings is 1. The first-order chi connectivity index (χ1) is 9.11. The number of carbonyl (C=O) groups excluding carboxylic acids is 1. The average Bonchev–Trinajstić information content (AvgIpc) is 2.81. The van der Waals surface area contributed by atoms with Gasteiger partial charge in [-0.25, -0.2) is 4.98 Å². The molecule has 0 aliphatic carbocycles. The summed E-state index contributed by atoms with van der Waals surface area (Å²) in [4.78, 5) is 16.2. The lowest BCUT2D eigenvalue weighted by molar-refractivity contribution is 0.0950. The van der Waals surface area contributed by atoms with E-state index in [-0.39, 0.29) is 5.91 Å². The third kappa shape index (κ3) is 2.92. The molecule has 0 aliphatic rings. The van der Waals surface area contributed by atoms with Gasteiger partial charge in [-0.2, -0.15) is 0 Å². The highest BCUT2D eigenvalue weighted by atomic mass is 16.1. The fraction of sp³-hybridized carbons (Fsp3) is 0.231. The molecule has 0 fully saturated rings. The molecule has 0 spiro atoms. The SMILES string of the molecule is Cc1ccc(C(=O)NCc2nccn2C)c(NN)c1. The molecule has 0 saturated carbocycles. The van der Waals surface area contributed by atoms with Gasteiger partial charge in [0.05, 0.1) is 17.8 Å². The Morgan fingerprint density at radius 3 is 2.89 bits per heavy atom. The van der Waals surface area contributed by atoms with Crippen LogP contribution in [0.4, 0.5) is 5.69 Å². The molecular formula is C13H17N5O. The molecule has 1 amide bonds. The normalized spacial score (nSPS) is 10.3. The third-order valence-corrected chi connectivity index (χ3v) is 2.90. The number of hydrogen-bond donors (Lipinski definition) is 3. The number of benzene rings is 1. The molecule has 1 aromatic heterocycles. The molecule has 0 unspecified atom stereocenters. The van der Waals surface area contributed by atoms with Gasteiger partial charge in [-0.3, -0.25) is 10.6 Å². The number of hydrazine groups is 1. The van der Waals surface area contributed by atoms with Crippen molar-refractivity contribution in [3.63, 3.8) is 0 Å². The van der Waals surface area contributed by atoms with Gasteiger partial charge in [0, 0.05) is 19.4 Å². The van der Waals surface area contributed by atoms with Crippen LogP contribution in [0.15, 0.2) is 30.6 Å². The number of hydrogen-bond acceptors (Lipinski definition) is 4. The number of nitrogens with zero attached hydrogens (tertiary/aromatic N) is 2. The van der Waals surface area contributed by atoms with Gasteiger partial charge in [0.25, 0.3) is 5.91 Å². The van der Waals surface area contributed by atoms with E-state index in [0.717, 1.165) is 11.4 Å². The second kappa shape index (κ2) is 5.53. The largest absolute Gasteiger partial charge is 0.345 e. The van der Waals surface area contributed by atoms with Gasteiger partial charge in [-0.15, -0.1) is 0 Å². The van der Waals surface area contributed by atoms with Crippen LogP contribution in [-0.2, 0) is 13.6 Å². The van der Waals surface area contributed by atoms with Crippen LogP contribution in [-0.4, -0.2) is 15.5 Å². The molecule has 1 aromatic carbocycles. The molecule has 19 heavy (non-hydrogen) atoms. The zero-order valence-corrected chi connectivity index (χ0v) is 11.0. The summed E-state index contributed by atoms with van der Waals surface area (Å²) in [5.74, 6) is 6.04. The van der Waals surface area contributed by atoms with Gasteiger partial charge in [-0.1, -0.05) is 6.07 Å². The average molecular weight is 259 g/mol. The highest BCUT2D eigenvalue weighted by Gasteiger charge is 2.11. The van der Waals surface area contributed by atoms with Crippen molar-refractivity contribution in [2.45, 2.75) is 13.5 Å². The van der Waals surface area contributed by atoms with E-state index in [4.69, 9.17) is 5.84 Å². The third-order valence-electron chi connectivity index (χ3n) is 2.90. The number of aromatic nitrogens is 2. The van der Waals surface area contributed by atoms with Crippen LogP contribution >= 0.6 is 0 Å². The summed E-state index contributed by atoms with van der Waals surface area (Å²) in [6, 6.07) is 5.45. The molecule has 2 rings (SSSR count). The fourth-order valence-corrected chi connectivity index (χ4v) is 1.80. The molecule has 6 heteroatoms. The molecule has 4 N–H and O–H groups in total. The Morgan fingerprint density at radius 2 is 2.26 bits per heavy atom. The van der Waals surface area contributed by atoms with Gasteiger partial charge in [0.2, 0.25) is 0 Å². The first-order valence-corrected chi connectivity index (χ1v) is 5.93.